The second-order valence-corrected chi connectivity index (χ2v) is 4.64. The topological polar surface area (TPSA) is 55.7 Å². The van der Waals surface area contributed by atoms with Crippen LogP contribution >= 0.6 is 0 Å². The van der Waals surface area contributed by atoms with E-state index in [1.54, 1.807) is 12.1 Å². The largest absolute Gasteiger partial charge is 0.360 e. The molecule has 2 unspecified atom stereocenters. The van der Waals surface area contributed by atoms with Gasteiger partial charge in [0.2, 0.25) is 0 Å². The molecule has 0 amide bonds. The molecule has 4 heteroatoms. The zero-order valence-electron chi connectivity index (χ0n) is 10.7. The summed E-state index contributed by atoms with van der Waals surface area (Å²) in [6.45, 7) is 0. The van der Waals surface area contributed by atoms with Gasteiger partial charge in [0.1, 0.15) is 12.2 Å². The average Bonchev–Trinajstić information content (AvgIpc) is 3.26. The minimum absolute atomic E-state index is 0.00997. The van der Waals surface area contributed by atoms with E-state index in [0.29, 0.717) is 0 Å². The molecular formula is C16H13NO3. The average molecular weight is 267 g/mol. The fraction of sp³-hybridized carbons (Fsp3) is 0.125. The summed E-state index contributed by atoms with van der Waals surface area (Å²) in [7, 11) is 0. The summed E-state index contributed by atoms with van der Waals surface area (Å²) in [6, 6.07) is 16.5. The molecule has 1 aliphatic heterocycles. The Kier molecular flexibility index (Phi) is 3.31. The van der Waals surface area contributed by atoms with Crippen LogP contribution in [-0.2, 0) is 4.74 Å². The highest BCUT2D eigenvalue weighted by Gasteiger charge is 2.37. The van der Waals surface area contributed by atoms with Crippen LogP contribution in [0, 0.1) is 10.1 Å². The van der Waals surface area contributed by atoms with E-state index in [1.165, 1.54) is 12.1 Å². The summed E-state index contributed by atoms with van der Waals surface area (Å²) >= 11 is 0. The molecule has 1 heterocycles. The Balaban J connectivity index is 1.64. The van der Waals surface area contributed by atoms with Crippen molar-refractivity contribution in [3.05, 3.63) is 81.9 Å². The van der Waals surface area contributed by atoms with Crippen LogP contribution in [0.15, 0.2) is 60.7 Å². The molecule has 100 valence electrons. The quantitative estimate of drug-likeness (QED) is 0.481. The smallest absolute Gasteiger partial charge is 0.269 e. The first-order chi connectivity index (χ1) is 9.74. The van der Waals surface area contributed by atoms with Crippen molar-refractivity contribution in [3.63, 3.8) is 0 Å². The van der Waals surface area contributed by atoms with Crippen LogP contribution in [0.1, 0.15) is 17.2 Å². The van der Waals surface area contributed by atoms with Gasteiger partial charge in [-0.15, -0.1) is 0 Å². The lowest BCUT2D eigenvalue weighted by Gasteiger charge is -1.95. The number of nitrogens with zero attached hydrogens (tertiary/aromatic N) is 1. The van der Waals surface area contributed by atoms with Crippen LogP contribution in [-0.4, -0.2) is 11.0 Å². The molecule has 2 atom stereocenters. The standard InChI is InChI=1S/C16H13NO3/c18-17(19)14-9-7-13(8-10-14)16-15(20-16)11-6-12-4-2-1-3-5-12/h1-11,15-16H. The van der Waals surface area contributed by atoms with E-state index >= 15 is 0 Å². The van der Waals surface area contributed by atoms with Gasteiger partial charge < -0.3 is 4.74 Å². The van der Waals surface area contributed by atoms with Crippen LogP contribution in [0.3, 0.4) is 0 Å². The molecule has 2 aromatic carbocycles. The number of nitro groups is 1. The monoisotopic (exact) mass is 267 g/mol. The van der Waals surface area contributed by atoms with Gasteiger partial charge in [-0.25, -0.2) is 0 Å². The lowest BCUT2D eigenvalue weighted by Crippen LogP contribution is -1.89. The van der Waals surface area contributed by atoms with Gasteiger partial charge in [0.05, 0.1) is 4.92 Å². The number of ether oxygens (including phenoxy) is 1. The van der Waals surface area contributed by atoms with Crippen molar-refractivity contribution in [1.29, 1.82) is 0 Å². The fourth-order valence-corrected chi connectivity index (χ4v) is 2.09. The molecular weight excluding hydrogens is 254 g/mol. The number of hydrogen-bond donors (Lipinski definition) is 0. The molecule has 2 aromatic rings. The molecule has 1 saturated heterocycles. The Bertz CT molecular complexity index is 635. The zero-order chi connectivity index (χ0) is 13.9. The summed E-state index contributed by atoms with van der Waals surface area (Å²) in [5.41, 5.74) is 2.20. The van der Waals surface area contributed by atoms with Crippen LogP contribution in [0.2, 0.25) is 0 Å². The Morgan fingerprint density at radius 1 is 1.05 bits per heavy atom. The molecule has 1 aliphatic rings. The van der Waals surface area contributed by atoms with Gasteiger partial charge in [-0.2, -0.15) is 0 Å². The third-order valence-electron chi connectivity index (χ3n) is 3.24. The summed E-state index contributed by atoms with van der Waals surface area (Å²) in [5, 5.41) is 10.6. The number of benzene rings is 2. The summed E-state index contributed by atoms with van der Waals surface area (Å²) < 4.78 is 5.57. The van der Waals surface area contributed by atoms with Crippen LogP contribution in [0.25, 0.3) is 6.08 Å². The molecule has 0 bridgehead atoms. The van der Waals surface area contributed by atoms with Gasteiger partial charge in [0.15, 0.2) is 0 Å². The minimum Gasteiger partial charge on any atom is -0.360 e. The highest BCUT2D eigenvalue weighted by molar-refractivity contribution is 5.50. The molecule has 20 heavy (non-hydrogen) atoms. The van der Waals surface area contributed by atoms with Gasteiger partial charge in [0.25, 0.3) is 5.69 Å². The van der Waals surface area contributed by atoms with Crippen LogP contribution in [0.4, 0.5) is 5.69 Å². The molecule has 4 nitrogen and oxygen atoms in total. The molecule has 0 N–H and O–H groups in total. The summed E-state index contributed by atoms with van der Waals surface area (Å²) in [5.74, 6) is 0. The Morgan fingerprint density at radius 3 is 2.40 bits per heavy atom. The van der Waals surface area contributed by atoms with E-state index in [-0.39, 0.29) is 17.9 Å². The molecule has 0 radical (unpaired) electrons. The number of non-ortho nitro benzene ring substituents is 1. The van der Waals surface area contributed by atoms with Crippen molar-refractivity contribution in [2.24, 2.45) is 0 Å². The predicted molar refractivity (Wildman–Crippen MR) is 76.2 cm³/mol. The van der Waals surface area contributed by atoms with E-state index in [9.17, 15) is 10.1 Å². The third kappa shape index (κ3) is 2.75. The van der Waals surface area contributed by atoms with Crippen molar-refractivity contribution in [1.82, 2.24) is 0 Å². The second-order valence-electron chi connectivity index (χ2n) is 4.64. The van der Waals surface area contributed by atoms with Crippen LogP contribution < -0.4 is 0 Å². The van der Waals surface area contributed by atoms with Gasteiger partial charge in [-0.1, -0.05) is 42.5 Å². The van der Waals surface area contributed by atoms with Crippen molar-refractivity contribution in [3.8, 4) is 0 Å². The highest BCUT2D eigenvalue weighted by Crippen LogP contribution is 2.40. The third-order valence-corrected chi connectivity index (χ3v) is 3.24. The van der Waals surface area contributed by atoms with Crippen molar-refractivity contribution in [2.45, 2.75) is 12.2 Å². The first kappa shape index (κ1) is 12.6. The molecule has 0 spiro atoms. The van der Waals surface area contributed by atoms with Crippen LogP contribution in [0.5, 0.6) is 0 Å². The number of nitro benzene ring substituents is 1. The fourth-order valence-electron chi connectivity index (χ4n) is 2.09. The highest BCUT2D eigenvalue weighted by atomic mass is 16.6. The molecule has 0 aromatic heterocycles. The first-order valence-corrected chi connectivity index (χ1v) is 6.37. The molecule has 3 rings (SSSR count). The van der Waals surface area contributed by atoms with Gasteiger partial charge in [0, 0.05) is 12.1 Å². The van der Waals surface area contributed by atoms with Gasteiger partial charge >= 0.3 is 0 Å². The van der Waals surface area contributed by atoms with Crippen molar-refractivity contribution in [2.75, 3.05) is 0 Å². The van der Waals surface area contributed by atoms with E-state index in [0.717, 1.165) is 11.1 Å². The molecule has 0 saturated carbocycles. The maximum atomic E-state index is 10.6. The zero-order valence-corrected chi connectivity index (χ0v) is 10.7. The van der Waals surface area contributed by atoms with E-state index in [1.807, 2.05) is 42.5 Å². The Morgan fingerprint density at radius 2 is 1.75 bits per heavy atom. The maximum absolute atomic E-state index is 10.6. The SMILES string of the molecule is O=[N+]([O-])c1ccc(C2OC2C=Cc2ccccc2)cc1. The number of rotatable bonds is 4. The normalized spacial score (nSPS) is 21.0. The van der Waals surface area contributed by atoms with Gasteiger partial charge in [-0.3, -0.25) is 10.1 Å². The van der Waals surface area contributed by atoms with E-state index in [2.05, 4.69) is 0 Å². The summed E-state index contributed by atoms with van der Waals surface area (Å²) in [4.78, 5) is 10.2. The second kappa shape index (κ2) is 5.27. The predicted octanol–water partition coefficient (Wildman–Crippen LogP) is 3.75. The van der Waals surface area contributed by atoms with E-state index < -0.39 is 4.92 Å². The molecule has 1 fully saturated rings. The lowest BCUT2D eigenvalue weighted by atomic mass is 10.1. The van der Waals surface area contributed by atoms with Gasteiger partial charge in [-0.05, 0) is 23.3 Å². The summed E-state index contributed by atoms with van der Waals surface area (Å²) in [6.07, 6.45) is 4.10. The van der Waals surface area contributed by atoms with Crippen molar-refractivity contribution >= 4 is 11.8 Å². The Labute approximate surface area is 116 Å². The molecule has 0 aliphatic carbocycles. The maximum Gasteiger partial charge on any atom is 0.269 e. The minimum atomic E-state index is -0.398. The number of epoxide rings is 1. The first-order valence-electron chi connectivity index (χ1n) is 6.37. The lowest BCUT2D eigenvalue weighted by molar-refractivity contribution is -0.384. The van der Waals surface area contributed by atoms with Crippen molar-refractivity contribution < 1.29 is 9.66 Å². The van der Waals surface area contributed by atoms with E-state index in [4.69, 9.17) is 4.74 Å². The Hall–Kier alpha value is -2.46. The number of hydrogen-bond acceptors (Lipinski definition) is 3.